The Labute approximate surface area is 182 Å². The highest BCUT2D eigenvalue weighted by atomic mass is 16.5. The molecule has 1 aromatic carbocycles. The fourth-order valence-electron chi connectivity index (χ4n) is 4.75. The molecule has 0 bridgehead atoms. The van der Waals surface area contributed by atoms with E-state index < -0.39 is 5.41 Å². The third-order valence-corrected chi connectivity index (χ3v) is 6.38. The SMILES string of the molecule is COc1cccc(CN2C(=O)C3(CCOCC3)CC2c2nnnn2C(C)(C)C)c1OC. The lowest BCUT2D eigenvalue weighted by atomic mass is 9.77. The second-order valence-electron chi connectivity index (χ2n) is 9.32. The van der Waals surface area contributed by atoms with Gasteiger partial charge in [0.05, 0.1) is 37.8 Å². The minimum absolute atomic E-state index is 0.133. The Morgan fingerprint density at radius 3 is 2.58 bits per heavy atom. The molecule has 0 radical (unpaired) electrons. The number of carbonyl (C=O) groups excluding carboxylic acids is 1. The molecule has 2 fully saturated rings. The van der Waals surface area contributed by atoms with E-state index >= 15 is 0 Å². The molecule has 1 spiro atoms. The molecule has 1 atom stereocenters. The molecule has 4 rings (SSSR count). The van der Waals surface area contributed by atoms with E-state index in [2.05, 4.69) is 36.3 Å². The smallest absolute Gasteiger partial charge is 0.229 e. The molecule has 168 valence electrons. The van der Waals surface area contributed by atoms with E-state index in [1.165, 1.54) is 0 Å². The minimum Gasteiger partial charge on any atom is -0.493 e. The van der Waals surface area contributed by atoms with Crippen LogP contribution in [-0.4, -0.2) is 58.4 Å². The van der Waals surface area contributed by atoms with Gasteiger partial charge in [0.1, 0.15) is 0 Å². The molecule has 2 aromatic rings. The van der Waals surface area contributed by atoms with Gasteiger partial charge in [-0.05, 0) is 56.5 Å². The van der Waals surface area contributed by atoms with Crippen LogP contribution in [0.15, 0.2) is 18.2 Å². The topological polar surface area (TPSA) is 91.6 Å². The lowest BCUT2D eigenvalue weighted by molar-refractivity contribution is -0.141. The van der Waals surface area contributed by atoms with Gasteiger partial charge in [-0.25, -0.2) is 4.68 Å². The average Bonchev–Trinajstić information content (AvgIpc) is 3.34. The lowest BCUT2D eigenvalue weighted by Crippen LogP contribution is -2.39. The molecule has 2 aliphatic heterocycles. The number of methoxy groups -OCH3 is 2. The largest absolute Gasteiger partial charge is 0.493 e. The van der Waals surface area contributed by atoms with Crippen LogP contribution in [0.5, 0.6) is 11.5 Å². The summed E-state index contributed by atoms with van der Waals surface area (Å²) in [5.74, 6) is 2.13. The zero-order valence-corrected chi connectivity index (χ0v) is 18.9. The standard InChI is InChI=1S/C22H31N5O4/c1-21(2,3)27-19(23-24-25-27)16-13-22(9-11-31-12-10-22)20(28)26(16)14-15-7-6-8-17(29-4)18(15)30-5/h6-8,16H,9-14H2,1-5H3. The normalized spacial score (nSPS) is 21.0. The second-order valence-corrected chi connectivity index (χ2v) is 9.32. The Hall–Kier alpha value is -2.68. The lowest BCUT2D eigenvalue weighted by Gasteiger charge is -2.31. The van der Waals surface area contributed by atoms with Crippen molar-refractivity contribution >= 4 is 5.91 Å². The summed E-state index contributed by atoms with van der Waals surface area (Å²) in [6.07, 6.45) is 2.11. The fourth-order valence-corrected chi connectivity index (χ4v) is 4.75. The first kappa shape index (κ1) is 21.5. The molecule has 9 nitrogen and oxygen atoms in total. The van der Waals surface area contributed by atoms with Gasteiger partial charge in [0.15, 0.2) is 17.3 Å². The van der Waals surface area contributed by atoms with Crippen LogP contribution < -0.4 is 9.47 Å². The molecule has 1 unspecified atom stereocenters. The summed E-state index contributed by atoms with van der Waals surface area (Å²) < 4.78 is 18.5. The molecule has 3 heterocycles. The van der Waals surface area contributed by atoms with Gasteiger partial charge >= 0.3 is 0 Å². The van der Waals surface area contributed by atoms with Crippen molar-refractivity contribution in [3.05, 3.63) is 29.6 Å². The molecule has 0 aliphatic carbocycles. The first-order valence-corrected chi connectivity index (χ1v) is 10.7. The van der Waals surface area contributed by atoms with Crippen molar-refractivity contribution in [1.82, 2.24) is 25.1 Å². The zero-order chi connectivity index (χ0) is 22.2. The maximum atomic E-state index is 13.8. The van der Waals surface area contributed by atoms with E-state index in [0.29, 0.717) is 56.3 Å². The summed E-state index contributed by atoms with van der Waals surface area (Å²) in [7, 11) is 3.23. The summed E-state index contributed by atoms with van der Waals surface area (Å²) in [6, 6.07) is 5.50. The van der Waals surface area contributed by atoms with Crippen molar-refractivity contribution in [2.75, 3.05) is 27.4 Å². The van der Waals surface area contributed by atoms with Crippen LogP contribution >= 0.6 is 0 Å². The third kappa shape index (κ3) is 3.75. The van der Waals surface area contributed by atoms with Crippen LogP contribution in [-0.2, 0) is 21.6 Å². The quantitative estimate of drug-likeness (QED) is 0.722. The number of tetrazole rings is 1. The van der Waals surface area contributed by atoms with Crippen LogP contribution in [0.1, 0.15) is 57.5 Å². The van der Waals surface area contributed by atoms with Crippen LogP contribution in [0.4, 0.5) is 0 Å². The molecular formula is C22H31N5O4. The van der Waals surface area contributed by atoms with E-state index in [1.54, 1.807) is 14.2 Å². The highest BCUT2D eigenvalue weighted by Crippen LogP contribution is 2.50. The van der Waals surface area contributed by atoms with Crippen LogP contribution in [0.25, 0.3) is 0 Å². The van der Waals surface area contributed by atoms with Gasteiger partial charge < -0.3 is 19.1 Å². The maximum Gasteiger partial charge on any atom is 0.229 e. The number of likely N-dealkylation sites (tertiary alicyclic amines) is 1. The van der Waals surface area contributed by atoms with Crippen LogP contribution in [0.2, 0.25) is 0 Å². The number of amides is 1. The Bertz CT molecular complexity index is 946. The van der Waals surface area contributed by atoms with Gasteiger partial charge in [-0.15, -0.1) is 5.10 Å². The highest BCUT2D eigenvalue weighted by Gasteiger charge is 2.54. The maximum absolute atomic E-state index is 13.8. The molecule has 2 aliphatic rings. The van der Waals surface area contributed by atoms with Crippen molar-refractivity contribution in [2.24, 2.45) is 5.41 Å². The second kappa shape index (κ2) is 8.11. The van der Waals surface area contributed by atoms with Gasteiger partial charge in [0.2, 0.25) is 5.91 Å². The van der Waals surface area contributed by atoms with Gasteiger partial charge in [-0.2, -0.15) is 0 Å². The Kier molecular flexibility index (Phi) is 5.63. The Morgan fingerprint density at radius 2 is 1.94 bits per heavy atom. The van der Waals surface area contributed by atoms with E-state index in [1.807, 2.05) is 27.8 Å². The monoisotopic (exact) mass is 429 g/mol. The Balaban J connectivity index is 1.76. The predicted molar refractivity (Wildman–Crippen MR) is 113 cm³/mol. The molecule has 1 aromatic heterocycles. The van der Waals surface area contributed by atoms with E-state index in [-0.39, 0.29) is 17.5 Å². The molecular weight excluding hydrogens is 398 g/mol. The van der Waals surface area contributed by atoms with Gasteiger partial charge in [-0.1, -0.05) is 12.1 Å². The molecule has 2 saturated heterocycles. The molecule has 0 N–H and O–H groups in total. The van der Waals surface area contributed by atoms with Gasteiger partial charge in [-0.3, -0.25) is 4.79 Å². The number of benzene rings is 1. The predicted octanol–water partition coefficient (Wildman–Crippen LogP) is 2.72. The molecule has 31 heavy (non-hydrogen) atoms. The number of rotatable bonds is 5. The zero-order valence-electron chi connectivity index (χ0n) is 18.9. The van der Waals surface area contributed by atoms with E-state index in [9.17, 15) is 4.79 Å². The minimum atomic E-state index is -0.441. The number of ether oxygens (including phenoxy) is 3. The van der Waals surface area contributed by atoms with Gasteiger partial charge in [0, 0.05) is 18.8 Å². The van der Waals surface area contributed by atoms with Crippen molar-refractivity contribution in [2.45, 2.75) is 58.2 Å². The molecule has 9 heteroatoms. The summed E-state index contributed by atoms with van der Waals surface area (Å²) in [5.41, 5.74) is 0.148. The first-order valence-electron chi connectivity index (χ1n) is 10.7. The average molecular weight is 430 g/mol. The van der Waals surface area contributed by atoms with Crippen LogP contribution in [0, 0.1) is 5.41 Å². The number of para-hydroxylation sites is 1. The van der Waals surface area contributed by atoms with E-state index in [0.717, 1.165) is 5.56 Å². The summed E-state index contributed by atoms with van der Waals surface area (Å²) in [6.45, 7) is 7.76. The summed E-state index contributed by atoms with van der Waals surface area (Å²) in [4.78, 5) is 15.7. The fraction of sp³-hybridized carbons (Fsp3) is 0.636. The van der Waals surface area contributed by atoms with Crippen LogP contribution in [0.3, 0.4) is 0 Å². The summed E-state index contributed by atoms with van der Waals surface area (Å²) >= 11 is 0. The number of aromatic nitrogens is 4. The van der Waals surface area contributed by atoms with Crippen molar-refractivity contribution in [3.63, 3.8) is 0 Å². The molecule has 1 amide bonds. The number of carbonyl (C=O) groups is 1. The van der Waals surface area contributed by atoms with Crippen molar-refractivity contribution in [1.29, 1.82) is 0 Å². The number of hydrogen-bond acceptors (Lipinski definition) is 7. The van der Waals surface area contributed by atoms with Crippen molar-refractivity contribution < 1.29 is 19.0 Å². The van der Waals surface area contributed by atoms with E-state index in [4.69, 9.17) is 14.2 Å². The number of hydrogen-bond donors (Lipinski definition) is 0. The highest BCUT2D eigenvalue weighted by molar-refractivity contribution is 5.85. The number of nitrogens with zero attached hydrogens (tertiary/aromatic N) is 5. The summed E-state index contributed by atoms with van der Waals surface area (Å²) in [5, 5.41) is 12.6. The van der Waals surface area contributed by atoms with Gasteiger partial charge in [0.25, 0.3) is 0 Å². The third-order valence-electron chi connectivity index (χ3n) is 6.38. The van der Waals surface area contributed by atoms with Crippen molar-refractivity contribution in [3.8, 4) is 11.5 Å². The Morgan fingerprint density at radius 1 is 1.19 bits per heavy atom. The first-order chi connectivity index (χ1) is 14.8. The molecule has 0 saturated carbocycles.